The fraction of sp³-hybridized carbons (Fsp3) is 0.833. The summed E-state index contributed by atoms with van der Waals surface area (Å²) in [6.45, 7) is 5.64. The van der Waals surface area contributed by atoms with Gasteiger partial charge < -0.3 is 9.80 Å². The third-order valence-corrected chi connectivity index (χ3v) is 6.11. The van der Waals surface area contributed by atoms with Crippen molar-refractivity contribution in [3.05, 3.63) is 0 Å². The standard InChI is InChI=1S/C12H20N2O2S2/c1-3-5-7-13-9(15)12-14(8-6-4-2)10(16)11(13)17-18-12/h11-12H,3-8H2,1-2H3/t11-,12-/m0/s1. The van der Waals surface area contributed by atoms with Crippen molar-refractivity contribution < 1.29 is 9.59 Å². The van der Waals surface area contributed by atoms with Gasteiger partial charge in [-0.2, -0.15) is 0 Å². The second kappa shape index (κ2) is 6.19. The number of piperazine rings is 1. The van der Waals surface area contributed by atoms with Gasteiger partial charge in [0.15, 0.2) is 10.7 Å². The van der Waals surface area contributed by atoms with Crippen LogP contribution in [0.3, 0.4) is 0 Å². The molecule has 3 rings (SSSR count). The minimum Gasteiger partial charge on any atom is -0.319 e. The van der Waals surface area contributed by atoms with E-state index in [4.69, 9.17) is 0 Å². The molecule has 2 bridgehead atoms. The quantitative estimate of drug-likeness (QED) is 0.703. The molecule has 2 amide bonds. The van der Waals surface area contributed by atoms with Gasteiger partial charge in [-0.3, -0.25) is 9.59 Å². The first-order valence-corrected chi connectivity index (χ1v) is 8.91. The second-order valence-electron chi connectivity index (χ2n) is 4.67. The predicted molar refractivity (Wildman–Crippen MR) is 76.0 cm³/mol. The number of hydrogen-bond donors (Lipinski definition) is 0. The van der Waals surface area contributed by atoms with Gasteiger partial charge in [0.25, 0.3) is 11.8 Å². The summed E-state index contributed by atoms with van der Waals surface area (Å²) in [5.41, 5.74) is 0. The average Bonchev–Trinajstić information content (AvgIpc) is 2.38. The van der Waals surface area contributed by atoms with Crippen LogP contribution in [-0.4, -0.2) is 45.5 Å². The molecule has 6 heteroatoms. The molecule has 2 atom stereocenters. The Morgan fingerprint density at radius 1 is 0.889 bits per heavy atom. The lowest BCUT2D eigenvalue weighted by Gasteiger charge is -2.48. The van der Waals surface area contributed by atoms with Crippen molar-refractivity contribution in [2.45, 2.75) is 50.3 Å². The van der Waals surface area contributed by atoms with Gasteiger partial charge in [-0.05, 0) is 12.8 Å². The monoisotopic (exact) mass is 288 g/mol. The highest BCUT2D eigenvalue weighted by Gasteiger charge is 2.51. The van der Waals surface area contributed by atoms with Gasteiger partial charge in [-0.1, -0.05) is 48.3 Å². The molecule has 0 spiro atoms. The minimum absolute atomic E-state index is 0.132. The molecule has 0 radical (unpaired) electrons. The number of amides is 2. The highest BCUT2D eigenvalue weighted by Crippen LogP contribution is 2.46. The summed E-state index contributed by atoms with van der Waals surface area (Å²) in [6, 6.07) is 0. The van der Waals surface area contributed by atoms with E-state index >= 15 is 0 Å². The van der Waals surface area contributed by atoms with Crippen LogP contribution in [0.2, 0.25) is 0 Å². The summed E-state index contributed by atoms with van der Waals surface area (Å²) < 4.78 is 0. The Balaban J connectivity index is 2.07. The van der Waals surface area contributed by atoms with E-state index in [0.717, 1.165) is 38.8 Å². The number of unbranched alkanes of at least 4 members (excludes halogenated alkanes) is 2. The topological polar surface area (TPSA) is 40.6 Å². The molecular weight excluding hydrogens is 268 g/mol. The third kappa shape index (κ3) is 2.50. The van der Waals surface area contributed by atoms with Crippen LogP contribution in [0.5, 0.6) is 0 Å². The van der Waals surface area contributed by atoms with Gasteiger partial charge >= 0.3 is 0 Å². The molecule has 0 aliphatic carbocycles. The zero-order chi connectivity index (χ0) is 13.1. The average molecular weight is 288 g/mol. The molecule has 3 heterocycles. The molecular formula is C12H20N2O2S2. The minimum atomic E-state index is -0.282. The molecule has 3 fully saturated rings. The summed E-state index contributed by atoms with van der Waals surface area (Å²) in [6.07, 6.45) is 4.05. The number of carbonyl (C=O) groups excluding carboxylic acids is 2. The van der Waals surface area contributed by atoms with Crippen LogP contribution in [0.25, 0.3) is 0 Å². The maximum Gasteiger partial charge on any atom is 0.258 e. The first kappa shape index (κ1) is 14.1. The van der Waals surface area contributed by atoms with E-state index < -0.39 is 0 Å². The van der Waals surface area contributed by atoms with Crippen molar-refractivity contribution in [2.24, 2.45) is 0 Å². The van der Waals surface area contributed by atoms with Gasteiger partial charge in [0.1, 0.15) is 0 Å². The highest BCUT2D eigenvalue weighted by atomic mass is 33.1. The highest BCUT2D eigenvalue weighted by molar-refractivity contribution is 8.77. The summed E-state index contributed by atoms with van der Waals surface area (Å²) in [5.74, 6) is 0.265. The van der Waals surface area contributed by atoms with Crippen LogP contribution < -0.4 is 0 Å². The van der Waals surface area contributed by atoms with Crippen molar-refractivity contribution >= 4 is 33.4 Å². The normalized spacial score (nSPS) is 27.2. The summed E-state index contributed by atoms with van der Waals surface area (Å²) in [4.78, 5) is 28.2. The van der Waals surface area contributed by atoms with E-state index in [0.29, 0.717) is 0 Å². The van der Waals surface area contributed by atoms with Gasteiger partial charge in [0.05, 0.1) is 0 Å². The Labute approximate surface area is 116 Å². The lowest BCUT2D eigenvalue weighted by molar-refractivity contribution is -0.153. The van der Waals surface area contributed by atoms with Crippen molar-refractivity contribution in [2.75, 3.05) is 13.1 Å². The van der Waals surface area contributed by atoms with Crippen molar-refractivity contribution in [3.63, 3.8) is 0 Å². The maximum absolute atomic E-state index is 12.3. The van der Waals surface area contributed by atoms with Crippen LogP contribution in [0.15, 0.2) is 0 Å². The molecule has 4 nitrogen and oxygen atoms in total. The second-order valence-corrected chi connectivity index (χ2v) is 7.10. The van der Waals surface area contributed by atoms with E-state index in [1.807, 2.05) is 0 Å². The van der Waals surface area contributed by atoms with E-state index in [1.165, 1.54) is 0 Å². The lowest BCUT2D eigenvalue weighted by atomic mass is 10.2. The number of nitrogens with zero attached hydrogens (tertiary/aromatic N) is 2. The van der Waals surface area contributed by atoms with E-state index in [2.05, 4.69) is 13.8 Å². The lowest BCUT2D eigenvalue weighted by Crippen LogP contribution is -2.65. The molecule has 0 aromatic heterocycles. The van der Waals surface area contributed by atoms with Crippen molar-refractivity contribution in [1.29, 1.82) is 0 Å². The molecule has 0 saturated carbocycles. The fourth-order valence-electron chi connectivity index (χ4n) is 2.18. The molecule has 0 unspecified atom stereocenters. The Bertz CT molecular complexity index is 306. The SMILES string of the molecule is CCCCN1C(=O)[C@@H]2SS[C@H]1C(=O)N2CCCC. The zero-order valence-electron chi connectivity index (χ0n) is 10.9. The Morgan fingerprint density at radius 3 is 1.61 bits per heavy atom. The first-order valence-electron chi connectivity index (χ1n) is 6.63. The van der Waals surface area contributed by atoms with E-state index in [1.54, 1.807) is 31.4 Å². The Morgan fingerprint density at radius 2 is 1.28 bits per heavy atom. The largest absolute Gasteiger partial charge is 0.319 e. The number of rotatable bonds is 6. The number of fused-ring (bicyclic) bond motifs is 3. The van der Waals surface area contributed by atoms with Crippen LogP contribution in [-0.2, 0) is 9.59 Å². The molecule has 102 valence electrons. The smallest absolute Gasteiger partial charge is 0.258 e. The third-order valence-electron chi connectivity index (χ3n) is 3.30. The Kier molecular flexibility index (Phi) is 4.84. The zero-order valence-corrected chi connectivity index (χ0v) is 12.6. The summed E-state index contributed by atoms with van der Waals surface area (Å²) in [5, 5.41) is -0.563. The van der Waals surface area contributed by atoms with Gasteiger partial charge in [-0.15, -0.1) is 0 Å². The van der Waals surface area contributed by atoms with Crippen LogP contribution in [0.1, 0.15) is 39.5 Å². The maximum atomic E-state index is 12.3. The van der Waals surface area contributed by atoms with E-state index in [-0.39, 0.29) is 22.6 Å². The van der Waals surface area contributed by atoms with Crippen LogP contribution in [0.4, 0.5) is 0 Å². The predicted octanol–water partition coefficient (Wildman–Crippen LogP) is 2.30. The van der Waals surface area contributed by atoms with Gasteiger partial charge in [0.2, 0.25) is 0 Å². The van der Waals surface area contributed by atoms with Crippen LogP contribution in [0, 0.1) is 0 Å². The molecule has 0 aromatic rings. The molecule has 3 aliphatic rings. The number of carbonyl (C=O) groups is 2. The van der Waals surface area contributed by atoms with Gasteiger partial charge in [-0.25, -0.2) is 0 Å². The van der Waals surface area contributed by atoms with Gasteiger partial charge in [0, 0.05) is 13.1 Å². The fourth-order valence-corrected chi connectivity index (χ4v) is 5.21. The molecule has 0 aromatic carbocycles. The molecule has 3 aliphatic heterocycles. The summed E-state index contributed by atoms with van der Waals surface area (Å²) >= 11 is 0. The van der Waals surface area contributed by atoms with Crippen molar-refractivity contribution in [3.8, 4) is 0 Å². The van der Waals surface area contributed by atoms with E-state index in [9.17, 15) is 9.59 Å². The number of hydrogen-bond acceptors (Lipinski definition) is 4. The molecule has 18 heavy (non-hydrogen) atoms. The van der Waals surface area contributed by atoms with Crippen molar-refractivity contribution in [1.82, 2.24) is 9.80 Å². The Hall–Kier alpha value is -0.360. The first-order chi connectivity index (χ1) is 8.70. The van der Waals surface area contributed by atoms with Crippen LogP contribution >= 0.6 is 21.6 Å². The summed E-state index contributed by atoms with van der Waals surface area (Å²) in [7, 11) is 3.10. The molecule has 0 N–H and O–H groups in total. The molecule has 3 saturated heterocycles.